The number of aliphatic imine (C=N–C) groups is 2. The Morgan fingerprint density at radius 1 is 1.21 bits per heavy atom. The van der Waals surface area contributed by atoms with Crippen molar-refractivity contribution in [1.82, 2.24) is 4.90 Å². The van der Waals surface area contributed by atoms with Crippen molar-refractivity contribution in [2.45, 2.75) is 12.8 Å². The molecular weight excluding hydrogens is 347 g/mol. The van der Waals surface area contributed by atoms with Gasteiger partial charge < -0.3 is 21.1 Å². The number of ether oxygens (including phenoxy) is 1. The van der Waals surface area contributed by atoms with Gasteiger partial charge in [0.2, 0.25) is 5.96 Å². The maximum atomic E-state index is 12.2. The highest BCUT2D eigenvalue weighted by atomic mass is 35.5. The molecule has 132 valence electrons. The summed E-state index contributed by atoms with van der Waals surface area (Å²) in [6.07, 6.45) is 0.0763. The molecule has 1 aliphatic rings. The number of nitrogens with two attached hydrogens (primary N) is 2. The molecule has 0 fully saturated rings. The highest BCUT2D eigenvalue weighted by Crippen LogP contribution is 2.26. The summed E-state index contributed by atoms with van der Waals surface area (Å²) in [5, 5.41) is 0. The van der Waals surface area contributed by atoms with Gasteiger partial charge in [-0.2, -0.15) is 4.99 Å². The molecule has 1 heterocycles. The molecule has 0 saturated carbocycles. The van der Waals surface area contributed by atoms with Gasteiger partial charge >= 0.3 is 6.36 Å². The Morgan fingerprint density at radius 2 is 1.96 bits per heavy atom. The minimum Gasteiger partial charge on any atom is -0.406 e. The maximum absolute atomic E-state index is 12.2. The van der Waals surface area contributed by atoms with Gasteiger partial charge in [-0.15, -0.1) is 25.6 Å². The molecule has 0 aliphatic carbocycles. The number of rotatable bonds is 2. The molecule has 0 radical (unpaired) electrons. The standard InChI is InChI=1S/C14H16F3N5O.ClH/c15-14(16,17)23-11-6-4-5-10(9-11)20-12(18)21-13(19)22-7-2-1-3-8-22;/h1-2,4-6,9H,3,7-8H2,(H4,18,19,20,21);1H. The molecule has 0 bridgehead atoms. The third kappa shape index (κ3) is 6.37. The second-order valence-corrected chi connectivity index (χ2v) is 4.69. The normalized spacial score (nSPS) is 15.9. The van der Waals surface area contributed by atoms with Gasteiger partial charge in [0.05, 0.1) is 5.69 Å². The zero-order valence-corrected chi connectivity index (χ0v) is 13.3. The Balaban J connectivity index is 0.00000288. The molecule has 0 spiro atoms. The summed E-state index contributed by atoms with van der Waals surface area (Å²) in [4.78, 5) is 9.68. The molecule has 6 nitrogen and oxygen atoms in total. The fraction of sp³-hybridized carbons (Fsp3) is 0.286. The Labute approximate surface area is 143 Å². The maximum Gasteiger partial charge on any atom is 0.573 e. The third-order valence-corrected chi connectivity index (χ3v) is 2.91. The summed E-state index contributed by atoms with van der Waals surface area (Å²) in [5.41, 5.74) is 11.7. The van der Waals surface area contributed by atoms with E-state index in [0.29, 0.717) is 13.1 Å². The van der Waals surface area contributed by atoms with Crippen molar-refractivity contribution >= 4 is 30.0 Å². The first-order valence-corrected chi connectivity index (χ1v) is 6.77. The van der Waals surface area contributed by atoms with E-state index < -0.39 is 6.36 Å². The molecule has 2 rings (SSSR count). The molecule has 10 heteroatoms. The van der Waals surface area contributed by atoms with Crippen LogP contribution in [0.3, 0.4) is 0 Å². The van der Waals surface area contributed by atoms with Crippen molar-refractivity contribution in [3.05, 3.63) is 36.4 Å². The summed E-state index contributed by atoms with van der Waals surface area (Å²) < 4.78 is 40.4. The van der Waals surface area contributed by atoms with Crippen LogP contribution in [0.1, 0.15) is 6.42 Å². The van der Waals surface area contributed by atoms with Crippen LogP contribution in [0.5, 0.6) is 5.75 Å². The first kappa shape index (κ1) is 19.6. The predicted octanol–water partition coefficient (Wildman–Crippen LogP) is 2.53. The molecular formula is C14H17ClF3N5O. The molecule has 1 aromatic rings. The van der Waals surface area contributed by atoms with Crippen LogP contribution in [-0.2, 0) is 0 Å². The molecule has 1 aliphatic heterocycles. The lowest BCUT2D eigenvalue weighted by Crippen LogP contribution is -2.40. The lowest BCUT2D eigenvalue weighted by atomic mass is 10.3. The third-order valence-electron chi connectivity index (χ3n) is 2.91. The highest BCUT2D eigenvalue weighted by molar-refractivity contribution is 5.94. The summed E-state index contributed by atoms with van der Waals surface area (Å²) >= 11 is 0. The van der Waals surface area contributed by atoms with Crippen molar-refractivity contribution < 1.29 is 17.9 Å². The first-order chi connectivity index (χ1) is 10.8. The summed E-state index contributed by atoms with van der Waals surface area (Å²) in [7, 11) is 0. The van der Waals surface area contributed by atoms with Gasteiger partial charge in [0.1, 0.15) is 5.75 Å². The van der Waals surface area contributed by atoms with E-state index in [1.807, 2.05) is 17.1 Å². The van der Waals surface area contributed by atoms with Gasteiger partial charge in [0.15, 0.2) is 5.96 Å². The number of hydrogen-bond donors (Lipinski definition) is 2. The van der Waals surface area contributed by atoms with Gasteiger partial charge in [0, 0.05) is 19.2 Å². The van der Waals surface area contributed by atoms with Crippen molar-refractivity contribution in [3.63, 3.8) is 0 Å². The number of nitrogens with zero attached hydrogens (tertiary/aromatic N) is 3. The Hall–Kier alpha value is -2.42. The van der Waals surface area contributed by atoms with E-state index in [1.54, 1.807) is 0 Å². The fourth-order valence-electron chi connectivity index (χ4n) is 1.94. The molecule has 0 aromatic heterocycles. The van der Waals surface area contributed by atoms with Gasteiger partial charge in [-0.25, -0.2) is 4.99 Å². The van der Waals surface area contributed by atoms with Crippen LogP contribution in [0.4, 0.5) is 18.9 Å². The van der Waals surface area contributed by atoms with E-state index in [4.69, 9.17) is 11.5 Å². The molecule has 1 aromatic carbocycles. The SMILES string of the molecule is Cl.NC(=Nc1cccc(OC(F)(F)F)c1)N=C(N)N1CC=CCC1. The van der Waals surface area contributed by atoms with Crippen LogP contribution in [0, 0.1) is 0 Å². The smallest absolute Gasteiger partial charge is 0.406 e. The minimum atomic E-state index is -4.77. The predicted molar refractivity (Wildman–Crippen MR) is 88.6 cm³/mol. The van der Waals surface area contributed by atoms with Crippen molar-refractivity contribution in [2.24, 2.45) is 21.5 Å². The number of hydrogen-bond acceptors (Lipinski definition) is 2. The van der Waals surface area contributed by atoms with E-state index in [0.717, 1.165) is 12.5 Å². The van der Waals surface area contributed by atoms with E-state index in [1.165, 1.54) is 18.2 Å². The molecule has 4 N–H and O–H groups in total. The van der Waals surface area contributed by atoms with Gasteiger partial charge in [-0.1, -0.05) is 18.2 Å². The monoisotopic (exact) mass is 363 g/mol. The lowest BCUT2D eigenvalue weighted by molar-refractivity contribution is -0.274. The van der Waals surface area contributed by atoms with Crippen LogP contribution in [0.2, 0.25) is 0 Å². The van der Waals surface area contributed by atoms with Gasteiger partial charge in [0.25, 0.3) is 0 Å². The molecule has 0 saturated heterocycles. The Kier molecular flexibility index (Phi) is 6.90. The largest absolute Gasteiger partial charge is 0.573 e. The quantitative estimate of drug-likeness (QED) is 0.480. The zero-order valence-electron chi connectivity index (χ0n) is 12.5. The number of halogens is 4. The van der Waals surface area contributed by atoms with E-state index in [2.05, 4.69) is 14.7 Å². The van der Waals surface area contributed by atoms with E-state index in [9.17, 15) is 13.2 Å². The second kappa shape index (κ2) is 8.44. The fourth-order valence-corrected chi connectivity index (χ4v) is 1.94. The Bertz CT molecular complexity index is 646. The topological polar surface area (TPSA) is 89.2 Å². The summed E-state index contributed by atoms with van der Waals surface area (Å²) in [6, 6.07) is 5.12. The van der Waals surface area contributed by atoms with Crippen LogP contribution in [0.15, 0.2) is 46.4 Å². The molecule has 0 amide bonds. The minimum absolute atomic E-state index is 0. The zero-order chi connectivity index (χ0) is 16.9. The highest BCUT2D eigenvalue weighted by Gasteiger charge is 2.31. The number of guanidine groups is 2. The molecule has 24 heavy (non-hydrogen) atoms. The second-order valence-electron chi connectivity index (χ2n) is 4.69. The average Bonchev–Trinajstić information content (AvgIpc) is 2.46. The van der Waals surface area contributed by atoms with E-state index >= 15 is 0 Å². The molecule has 0 unspecified atom stereocenters. The van der Waals surface area contributed by atoms with Crippen LogP contribution in [0.25, 0.3) is 0 Å². The average molecular weight is 364 g/mol. The number of alkyl halides is 3. The molecule has 0 atom stereocenters. The van der Waals surface area contributed by atoms with E-state index in [-0.39, 0.29) is 35.8 Å². The van der Waals surface area contributed by atoms with Gasteiger partial charge in [-0.3, -0.25) is 0 Å². The Morgan fingerprint density at radius 3 is 2.58 bits per heavy atom. The lowest BCUT2D eigenvalue weighted by Gasteiger charge is -2.23. The van der Waals surface area contributed by atoms with Crippen molar-refractivity contribution in [3.8, 4) is 5.75 Å². The van der Waals surface area contributed by atoms with Gasteiger partial charge in [-0.05, 0) is 18.6 Å². The van der Waals surface area contributed by atoms with Crippen LogP contribution >= 0.6 is 12.4 Å². The summed E-state index contributed by atoms with van der Waals surface area (Å²) in [5.74, 6) is -0.329. The number of benzene rings is 1. The van der Waals surface area contributed by atoms with Crippen molar-refractivity contribution in [2.75, 3.05) is 13.1 Å². The summed E-state index contributed by atoms with van der Waals surface area (Å²) in [6.45, 7) is 1.34. The van der Waals surface area contributed by atoms with Crippen LogP contribution in [-0.4, -0.2) is 36.3 Å². The first-order valence-electron chi connectivity index (χ1n) is 6.77. The van der Waals surface area contributed by atoms with Crippen LogP contribution < -0.4 is 16.2 Å². The van der Waals surface area contributed by atoms with Crippen molar-refractivity contribution in [1.29, 1.82) is 0 Å².